The molecule has 16 heavy (non-hydrogen) atoms. The predicted octanol–water partition coefficient (Wildman–Crippen LogP) is 3.50. The second kappa shape index (κ2) is 4.32. The van der Waals surface area contributed by atoms with Crippen LogP contribution in [0, 0.1) is 17.2 Å². The monoisotopic (exact) mass is 210 g/mol. The van der Waals surface area contributed by atoms with Crippen LogP contribution in [0.1, 0.15) is 25.5 Å². The minimum Gasteiger partial charge on any atom is -0.251 e. The van der Waals surface area contributed by atoms with Crippen molar-refractivity contribution in [2.24, 2.45) is 5.92 Å². The molecule has 1 atom stereocenters. The largest absolute Gasteiger partial charge is 0.251 e. The summed E-state index contributed by atoms with van der Waals surface area (Å²) in [4.78, 5) is 4.55. The molecule has 0 amide bonds. The number of nitriles is 1. The fraction of sp³-hybridized carbons (Fsp3) is 0.286. The van der Waals surface area contributed by atoms with Gasteiger partial charge in [-0.3, -0.25) is 4.98 Å². The highest BCUT2D eigenvalue weighted by molar-refractivity contribution is 5.78. The van der Waals surface area contributed by atoms with Crippen molar-refractivity contribution in [3.8, 4) is 6.07 Å². The first-order valence-electron chi connectivity index (χ1n) is 5.47. The summed E-state index contributed by atoms with van der Waals surface area (Å²) in [7, 11) is 0. The van der Waals surface area contributed by atoms with Crippen molar-refractivity contribution in [1.82, 2.24) is 4.98 Å². The molecule has 1 heterocycles. The first kappa shape index (κ1) is 10.6. The molecular weight excluding hydrogens is 196 g/mol. The van der Waals surface area contributed by atoms with Crippen LogP contribution in [0.3, 0.4) is 0 Å². The molecule has 0 saturated carbocycles. The lowest BCUT2D eigenvalue weighted by atomic mass is 9.93. The van der Waals surface area contributed by atoms with E-state index in [0.717, 1.165) is 16.6 Å². The molecule has 80 valence electrons. The number of nitrogens with zero attached hydrogens (tertiary/aromatic N) is 2. The number of benzene rings is 1. The minimum absolute atomic E-state index is 0.121. The molecule has 0 aliphatic rings. The summed E-state index contributed by atoms with van der Waals surface area (Å²) in [5.41, 5.74) is 1.83. The molecule has 2 aromatic rings. The van der Waals surface area contributed by atoms with Gasteiger partial charge >= 0.3 is 0 Å². The van der Waals surface area contributed by atoms with Gasteiger partial charge in [0.05, 0.1) is 23.2 Å². The third-order valence-corrected chi connectivity index (χ3v) is 2.74. The summed E-state index contributed by atoms with van der Waals surface area (Å²) < 4.78 is 0. The van der Waals surface area contributed by atoms with Gasteiger partial charge in [0.25, 0.3) is 0 Å². The van der Waals surface area contributed by atoms with Crippen molar-refractivity contribution in [3.05, 3.63) is 42.1 Å². The van der Waals surface area contributed by atoms with Crippen molar-refractivity contribution in [1.29, 1.82) is 5.26 Å². The summed E-state index contributed by atoms with van der Waals surface area (Å²) in [6, 6.07) is 14.3. The van der Waals surface area contributed by atoms with Crippen LogP contribution in [0.25, 0.3) is 10.9 Å². The molecule has 2 heteroatoms. The summed E-state index contributed by atoms with van der Waals surface area (Å²) >= 11 is 0. The molecule has 0 bridgehead atoms. The van der Waals surface area contributed by atoms with Gasteiger partial charge in [0.2, 0.25) is 0 Å². The molecule has 2 nitrogen and oxygen atoms in total. The number of rotatable bonds is 2. The zero-order valence-corrected chi connectivity index (χ0v) is 9.51. The Labute approximate surface area is 95.6 Å². The van der Waals surface area contributed by atoms with E-state index in [1.807, 2.05) is 50.2 Å². The number of fused-ring (bicyclic) bond motifs is 1. The van der Waals surface area contributed by atoms with Gasteiger partial charge in [-0.1, -0.05) is 38.1 Å². The molecule has 1 unspecified atom stereocenters. The van der Waals surface area contributed by atoms with Crippen molar-refractivity contribution < 1.29 is 0 Å². The maximum Gasteiger partial charge on any atom is 0.0907 e. The molecule has 1 aromatic carbocycles. The molecule has 0 spiro atoms. The number of hydrogen-bond donors (Lipinski definition) is 0. The third kappa shape index (κ3) is 1.90. The standard InChI is InChI=1S/C14H14N2/c1-10(2)12(9-15)14-8-7-11-5-3-4-6-13(11)16-14/h3-8,10,12H,1-2H3. The molecule has 0 fully saturated rings. The van der Waals surface area contributed by atoms with Crippen LogP contribution in [-0.2, 0) is 0 Å². The summed E-state index contributed by atoms with van der Waals surface area (Å²) in [5, 5.41) is 10.2. The van der Waals surface area contributed by atoms with Gasteiger partial charge in [-0.25, -0.2) is 0 Å². The van der Waals surface area contributed by atoms with E-state index in [2.05, 4.69) is 11.1 Å². The zero-order chi connectivity index (χ0) is 11.5. The van der Waals surface area contributed by atoms with Gasteiger partial charge in [-0.15, -0.1) is 0 Å². The molecule has 1 aromatic heterocycles. The van der Waals surface area contributed by atoms with Crippen molar-refractivity contribution in [2.45, 2.75) is 19.8 Å². The summed E-state index contributed by atoms with van der Waals surface area (Å²) in [6.07, 6.45) is 0. The Morgan fingerprint density at radius 3 is 2.56 bits per heavy atom. The Hall–Kier alpha value is -1.88. The molecule has 2 rings (SSSR count). The smallest absolute Gasteiger partial charge is 0.0907 e. The second-order valence-electron chi connectivity index (χ2n) is 4.28. The van der Waals surface area contributed by atoms with Crippen LogP contribution >= 0.6 is 0 Å². The molecular formula is C14H14N2. The van der Waals surface area contributed by atoms with Gasteiger partial charge in [-0.2, -0.15) is 5.26 Å². The molecule has 0 N–H and O–H groups in total. The molecule has 0 saturated heterocycles. The van der Waals surface area contributed by atoms with Gasteiger partial charge in [0, 0.05) is 5.39 Å². The van der Waals surface area contributed by atoms with Gasteiger partial charge in [0.15, 0.2) is 0 Å². The lowest BCUT2D eigenvalue weighted by molar-refractivity contribution is 0.577. The second-order valence-corrected chi connectivity index (χ2v) is 4.28. The zero-order valence-electron chi connectivity index (χ0n) is 9.51. The first-order chi connectivity index (χ1) is 7.72. The number of hydrogen-bond acceptors (Lipinski definition) is 2. The maximum absolute atomic E-state index is 9.13. The van der Waals surface area contributed by atoms with Crippen LogP contribution in [0.4, 0.5) is 0 Å². The fourth-order valence-electron chi connectivity index (χ4n) is 1.81. The van der Waals surface area contributed by atoms with E-state index in [-0.39, 0.29) is 5.92 Å². The molecule has 0 aliphatic carbocycles. The lowest BCUT2D eigenvalue weighted by Crippen LogP contribution is -2.06. The Bertz CT molecular complexity index is 538. The number of pyridine rings is 1. The van der Waals surface area contributed by atoms with E-state index >= 15 is 0 Å². The number of aromatic nitrogens is 1. The highest BCUT2D eigenvalue weighted by Gasteiger charge is 2.16. The first-order valence-corrected chi connectivity index (χ1v) is 5.47. The van der Waals surface area contributed by atoms with Crippen LogP contribution in [0.2, 0.25) is 0 Å². The van der Waals surface area contributed by atoms with Gasteiger partial charge < -0.3 is 0 Å². The average Bonchev–Trinajstić information content (AvgIpc) is 2.29. The Kier molecular flexibility index (Phi) is 2.87. The highest BCUT2D eigenvalue weighted by Crippen LogP contribution is 2.23. The van der Waals surface area contributed by atoms with Crippen LogP contribution in [-0.4, -0.2) is 4.98 Å². The highest BCUT2D eigenvalue weighted by atomic mass is 14.7. The van der Waals surface area contributed by atoms with Crippen molar-refractivity contribution in [3.63, 3.8) is 0 Å². The normalized spacial score (nSPS) is 12.6. The van der Waals surface area contributed by atoms with Crippen LogP contribution in [0.15, 0.2) is 36.4 Å². The van der Waals surface area contributed by atoms with Crippen LogP contribution in [0.5, 0.6) is 0 Å². The topological polar surface area (TPSA) is 36.7 Å². The Morgan fingerprint density at radius 2 is 1.88 bits per heavy atom. The minimum atomic E-state index is -0.121. The molecule has 0 radical (unpaired) electrons. The van der Waals surface area contributed by atoms with Crippen molar-refractivity contribution in [2.75, 3.05) is 0 Å². The average molecular weight is 210 g/mol. The van der Waals surface area contributed by atoms with Crippen LogP contribution < -0.4 is 0 Å². The van der Waals surface area contributed by atoms with E-state index in [4.69, 9.17) is 5.26 Å². The quantitative estimate of drug-likeness (QED) is 0.760. The Morgan fingerprint density at radius 1 is 1.12 bits per heavy atom. The molecule has 0 aliphatic heterocycles. The van der Waals surface area contributed by atoms with Gasteiger partial charge in [-0.05, 0) is 18.1 Å². The fourth-order valence-corrected chi connectivity index (χ4v) is 1.81. The summed E-state index contributed by atoms with van der Waals surface area (Å²) in [5.74, 6) is 0.170. The Balaban J connectivity index is 2.51. The predicted molar refractivity (Wildman–Crippen MR) is 64.9 cm³/mol. The van der Waals surface area contributed by atoms with Crippen molar-refractivity contribution >= 4 is 10.9 Å². The lowest BCUT2D eigenvalue weighted by Gasteiger charge is -2.12. The maximum atomic E-state index is 9.13. The summed E-state index contributed by atoms with van der Waals surface area (Å²) in [6.45, 7) is 4.09. The van der Waals surface area contributed by atoms with E-state index < -0.39 is 0 Å². The SMILES string of the molecule is CC(C)C(C#N)c1ccc2ccccc2n1. The van der Waals surface area contributed by atoms with E-state index in [1.165, 1.54) is 0 Å². The third-order valence-electron chi connectivity index (χ3n) is 2.74. The van der Waals surface area contributed by atoms with E-state index in [1.54, 1.807) is 0 Å². The number of para-hydroxylation sites is 1. The van der Waals surface area contributed by atoms with Gasteiger partial charge in [0.1, 0.15) is 0 Å². The van der Waals surface area contributed by atoms with E-state index in [9.17, 15) is 0 Å². The van der Waals surface area contributed by atoms with E-state index in [0.29, 0.717) is 5.92 Å².